The average Bonchev–Trinajstić information content (AvgIpc) is 2.89. The normalized spacial score (nSPS) is 14.7. The summed E-state index contributed by atoms with van der Waals surface area (Å²) < 4.78 is 43.6. The first kappa shape index (κ1) is 34.9. The summed E-state index contributed by atoms with van der Waals surface area (Å²) in [5, 5.41) is 0. The Bertz CT molecular complexity index is 1050. The first-order valence-electron chi connectivity index (χ1n) is 13.2. The van der Waals surface area contributed by atoms with Gasteiger partial charge in [0.05, 0.1) is 0 Å². The fourth-order valence-electron chi connectivity index (χ4n) is 3.34. The highest BCUT2D eigenvalue weighted by Gasteiger charge is 2.15. The molecule has 0 saturated carbocycles. The van der Waals surface area contributed by atoms with Crippen LogP contribution in [0.3, 0.4) is 0 Å². The molecule has 0 N–H and O–H groups in total. The Kier molecular flexibility index (Phi) is 16.0. The Balaban J connectivity index is 5.21. The van der Waals surface area contributed by atoms with Gasteiger partial charge in [0.15, 0.2) is 11.7 Å². The first-order valence-corrected chi connectivity index (χ1v) is 13.2. The predicted molar refractivity (Wildman–Crippen MR) is 163 cm³/mol. The number of hydrogen-bond acceptors (Lipinski definition) is 0. The van der Waals surface area contributed by atoms with Gasteiger partial charge in [0.1, 0.15) is 5.83 Å². The molecule has 208 valence electrons. The van der Waals surface area contributed by atoms with Crippen molar-refractivity contribution in [2.75, 3.05) is 0 Å². The van der Waals surface area contributed by atoms with E-state index >= 15 is 0 Å². The van der Waals surface area contributed by atoms with Gasteiger partial charge in [0.2, 0.25) is 0 Å². The molecule has 0 radical (unpaired) electrons. The number of rotatable bonds is 18. The van der Waals surface area contributed by atoms with Gasteiger partial charge in [-0.1, -0.05) is 104 Å². The molecular weight excluding hydrogens is 477 g/mol. The molecule has 0 aliphatic rings. The van der Waals surface area contributed by atoms with Crippen LogP contribution in [0.25, 0.3) is 0 Å². The van der Waals surface area contributed by atoms with Crippen molar-refractivity contribution in [2.24, 2.45) is 17.8 Å². The first-order chi connectivity index (χ1) is 17.6. The van der Waals surface area contributed by atoms with E-state index in [-0.39, 0.29) is 23.1 Å². The van der Waals surface area contributed by atoms with E-state index in [1.54, 1.807) is 6.08 Å². The van der Waals surface area contributed by atoms with Gasteiger partial charge in [0.25, 0.3) is 0 Å². The predicted octanol–water partition coefficient (Wildman–Crippen LogP) is 11.9. The van der Waals surface area contributed by atoms with Crippen LogP contribution in [0.15, 0.2) is 133 Å². The monoisotopic (exact) mass is 524 g/mol. The molecule has 0 rings (SSSR count). The third kappa shape index (κ3) is 12.4. The second-order valence-corrected chi connectivity index (χ2v) is 10.5. The van der Waals surface area contributed by atoms with Crippen molar-refractivity contribution in [3.05, 3.63) is 133 Å². The summed E-state index contributed by atoms with van der Waals surface area (Å²) in [6.07, 6.45) is 11.8. The Morgan fingerprint density at radius 2 is 1.32 bits per heavy atom. The van der Waals surface area contributed by atoms with Crippen LogP contribution in [0.1, 0.15) is 66.7 Å². The quantitative estimate of drug-likeness (QED) is 0.124. The highest BCUT2D eigenvalue weighted by Crippen LogP contribution is 2.29. The summed E-state index contributed by atoms with van der Waals surface area (Å²) in [7, 11) is 0. The third-order valence-electron chi connectivity index (χ3n) is 6.74. The largest absolute Gasteiger partial charge is 0.206 e. The van der Waals surface area contributed by atoms with Crippen LogP contribution in [-0.4, -0.2) is 0 Å². The minimum atomic E-state index is -1.12. The van der Waals surface area contributed by atoms with Crippen molar-refractivity contribution in [3.63, 3.8) is 0 Å². The van der Waals surface area contributed by atoms with Crippen molar-refractivity contribution in [3.8, 4) is 0 Å². The molecule has 38 heavy (non-hydrogen) atoms. The lowest BCUT2D eigenvalue weighted by atomic mass is 9.86. The van der Waals surface area contributed by atoms with E-state index in [1.165, 1.54) is 31.1 Å². The Morgan fingerprint density at radius 1 is 0.737 bits per heavy atom. The molecule has 0 spiro atoms. The van der Waals surface area contributed by atoms with Crippen LogP contribution in [-0.2, 0) is 0 Å². The second-order valence-electron chi connectivity index (χ2n) is 10.5. The molecule has 0 aliphatic carbocycles. The zero-order valence-corrected chi connectivity index (χ0v) is 24.2. The topological polar surface area (TPSA) is 0 Å². The minimum Gasteiger partial charge on any atom is -0.206 e. The molecule has 0 aromatic carbocycles. The molecule has 0 amide bonds. The molecule has 0 nitrogen and oxygen atoms in total. The molecule has 0 heterocycles. The van der Waals surface area contributed by atoms with E-state index in [9.17, 15) is 13.2 Å². The Hall–Kier alpha value is -3.07. The molecule has 0 fully saturated rings. The zero-order valence-electron chi connectivity index (χ0n) is 24.2. The minimum absolute atomic E-state index is 0.0263. The summed E-state index contributed by atoms with van der Waals surface area (Å²) in [4.78, 5) is 0. The van der Waals surface area contributed by atoms with Crippen molar-refractivity contribution in [1.29, 1.82) is 0 Å². The molecule has 3 heteroatoms. The maximum atomic E-state index is 14.9. The summed E-state index contributed by atoms with van der Waals surface area (Å²) in [5.41, 5.74) is 1.74. The van der Waals surface area contributed by atoms with Crippen LogP contribution in [0.5, 0.6) is 0 Å². The third-order valence-corrected chi connectivity index (χ3v) is 6.74. The van der Waals surface area contributed by atoms with Gasteiger partial charge < -0.3 is 0 Å². The SMILES string of the molecule is C=CCCC(=C)/C(F)=C(/F)C(=C)C(=C)/C=C\C(=C)C(=C)/C=C(/F)C(=C)/C(C)=C/CC(C)C(C)CCC(C)C. The number of hydrogen-bond donors (Lipinski definition) is 0. The van der Waals surface area contributed by atoms with Crippen molar-refractivity contribution < 1.29 is 13.2 Å². The highest BCUT2D eigenvalue weighted by atomic mass is 19.2. The van der Waals surface area contributed by atoms with E-state index < -0.39 is 17.5 Å². The zero-order chi connectivity index (χ0) is 29.6. The summed E-state index contributed by atoms with van der Waals surface area (Å²) >= 11 is 0. The van der Waals surface area contributed by atoms with E-state index in [2.05, 4.69) is 73.7 Å². The summed E-state index contributed by atoms with van der Waals surface area (Å²) in [6.45, 7) is 36.9. The van der Waals surface area contributed by atoms with Crippen molar-refractivity contribution >= 4 is 0 Å². The Morgan fingerprint density at radius 3 is 1.87 bits per heavy atom. The van der Waals surface area contributed by atoms with Crippen LogP contribution in [0.2, 0.25) is 0 Å². The van der Waals surface area contributed by atoms with Crippen LogP contribution < -0.4 is 0 Å². The Labute approximate surface area is 230 Å². The molecule has 0 aliphatic heterocycles. The maximum absolute atomic E-state index is 14.9. The molecule has 0 bridgehead atoms. The van der Waals surface area contributed by atoms with Gasteiger partial charge in [-0.15, -0.1) is 6.58 Å². The van der Waals surface area contributed by atoms with Crippen LogP contribution in [0, 0.1) is 17.8 Å². The molecule has 2 atom stereocenters. The summed E-state index contributed by atoms with van der Waals surface area (Å²) in [5.74, 6) is -0.908. The lowest BCUT2D eigenvalue weighted by Gasteiger charge is -2.20. The molecule has 0 saturated heterocycles. The lowest BCUT2D eigenvalue weighted by molar-refractivity contribution is 0.339. The van der Waals surface area contributed by atoms with E-state index in [0.717, 1.165) is 12.0 Å². The average molecular weight is 525 g/mol. The van der Waals surface area contributed by atoms with E-state index in [0.29, 0.717) is 40.9 Å². The lowest BCUT2D eigenvalue weighted by Crippen LogP contribution is -2.08. The highest BCUT2D eigenvalue weighted by molar-refractivity contribution is 5.54. The standard InChI is InChI=1S/C35H47F3/c1-13-14-15-29(9)34(37)35(38)32(12)28(8)21-19-26(6)30(10)22-33(36)31(11)27(7)20-18-25(5)24(4)17-16-23(2)3/h13,19-25H,1,6,8-12,14-18H2,2-5,7H3/b21-19-,27-20+,33-22+,35-34-. The van der Waals surface area contributed by atoms with Crippen LogP contribution >= 0.6 is 0 Å². The summed E-state index contributed by atoms with van der Waals surface area (Å²) in [6, 6.07) is 0. The van der Waals surface area contributed by atoms with Gasteiger partial charge in [-0.05, 0) is 77.9 Å². The molecule has 0 aromatic rings. The van der Waals surface area contributed by atoms with Crippen LogP contribution in [0.4, 0.5) is 13.2 Å². The number of halogens is 3. The molecular formula is C35H47F3. The maximum Gasteiger partial charge on any atom is 0.166 e. The van der Waals surface area contributed by atoms with Gasteiger partial charge in [-0.2, -0.15) is 0 Å². The van der Waals surface area contributed by atoms with Gasteiger partial charge in [-0.25, -0.2) is 13.2 Å². The van der Waals surface area contributed by atoms with E-state index in [1.807, 2.05) is 13.0 Å². The molecule has 2 unspecified atom stereocenters. The van der Waals surface area contributed by atoms with Gasteiger partial charge >= 0.3 is 0 Å². The van der Waals surface area contributed by atoms with Crippen molar-refractivity contribution in [2.45, 2.75) is 66.7 Å². The number of allylic oxidation sites excluding steroid dienone is 15. The van der Waals surface area contributed by atoms with Gasteiger partial charge in [-0.3, -0.25) is 0 Å². The van der Waals surface area contributed by atoms with Gasteiger partial charge in [0, 0.05) is 11.1 Å². The molecule has 0 aromatic heterocycles. The fraction of sp³-hybridized carbons (Fsp3) is 0.371. The van der Waals surface area contributed by atoms with E-state index in [4.69, 9.17) is 0 Å². The van der Waals surface area contributed by atoms with Crippen molar-refractivity contribution in [1.82, 2.24) is 0 Å². The smallest absolute Gasteiger partial charge is 0.166 e. The second kappa shape index (κ2) is 17.4. The fourth-order valence-corrected chi connectivity index (χ4v) is 3.34.